The molecule has 2 unspecified atom stereocenters. The molecule has 18 heavy (non-hydrogen) atoms. The molecule has 1 aliphatic carbocycles. The van der Waals surface area contributed by atoms with Gasteiger partial charge in [0.25, 0.3) is 0 Å². The van der Waals surface area contributed by atoms with Crippen molar-refractivity contribution < 1.29 is 9.72 Å². The number of carbonyl (C=O) groups excluding carboxylic acids is 1. The summed E-state index contributed by atoms with van der Waals surface area (Å²) < 4.78 is 0. The Kier molecular flexibility index (Phi) is 4.60. The van der Waals surface area contributed by atoms with Crippen LogP contribution in [0.1, 0.15) is 11.3 Å². The molecule has 1 N–H and O–H groups in total. The second-order valence-corrected chi connectivity index (χ2v) is 6.26. The van der Waals surface area contributed by atoms with Crippen LogP contribution in [0.3, 0.4) is 0 Å². The van der Waals surface area contributed by atoms with Crippen molar-refractivity contribution in [2.24, 2.45) is 5.92 Å². The van der Waals surface area contributed by atoms with E-state index >= 15 is 0 Å². The Morgan fingerprint density at radius 3 is 3.11 bits per heavy atom. The number of hydrogen-bond acceptors (Lipinski definition) is 5. The van der Waals surface area contributed by atoms with Crippen molar-refractivity contribution in [2.45, 2.75) is 18.2 Å². The average Bonchev–Trinajstić information content (AvgIpc) is 2.99. The zero-order chi connectivity index (χ0) is 13.0. The van der Waals surface area contributed by atoms with Gasteiger partial charge in [0, 0.05) is 34.3 Å². The van der Waals surface area contributed by atoms with E-state index in [2.05, 4.69) is 11.4 Å². The summed E-state index contributed by atoms with van der Waals surface area (Å²) in [5.74, 6) is 1.21. The van der Waals surface area contributed by atoms with Crippen LogP contribution >= 0.6 is 23.1 Å². The SMILES string of the molecule is O=C(NCCSCc1cccs1)C1CC1[N+](=O)[O-]. The maximum absolute atomic E-state index is 11.5. The van der Waals surface area contributed by atoms with E-state index in [9.17, 15) is 14.9 Å². The van der Waals surface area contributed by atoms with E-state index in [1.165, 1.54) is 4.88 Å². The van der Waals surface area contributed by atoms with Gasteiger partial charge in [-0.1, -0.05) is 6.07 Å². The lowest BCUT2D eigenvalue weighted by Crippen LogP contribution is -2.29. The summed E-state index contributed by atoms with van der Waals surface area (Å²) in [6.45, 7) is 0.579. The third-order valence-corrected chi connectivity index (χ3v) is 4.80. The number of nitrogens with one attached hydrogen (secondary N) is 1. The van der Waals surface area contributed by atoms with Gasteiger partial charge in [0.15, 0.2) is 0 Å². The minimum Gasteiger partial charge on any atom is -0.355 e. The van der Waals surface area contributed by atoms with Crippen LogP contribution in [0, 0.1) is 16.0 Å². The fourth-order valence-electron chi connectivity index (χ4n) is 1.64. The first-order valence-electron chi connectivity index (χ1n) is 5.70. The maximum Gasteiger partial charge on any atom is 0.230 e. The summed E-state index contributed by atoms with van der Waals surface area (Å²) in [6.07, 6.45) is 0.390. The lowest BCUT2D eigenvalue weighted by atomic mass is 10.4. The van der Waals surface area contributed by atoms with Crippen LogP contribution in [-0.2, 0) is 10.5 Å². The molecule has 2 atom stereocenters. The molecule has 0 spiro atoms. The van der Waals surface area contributed by atoms with Gasteiger partial charge in [-0.3, -0.25) is 14.9 Å². The summed E-state index contributed by atoms with van der Waals surface area (Å²) in [4.78, 5) is 22.9. The minimum atomic E-state index is -0.649. The fourth-order valence-corrected chi connectivity index (χ4v) is 3.34. The molecule has 1 aromatic rings. The molecular formula is C11H14N2O3S2. The predicted octanol–water partition coefficient (Wildman–Crippen LogP) is 1.76. The van der Waals surface area contributed by atoms with Crippen LogP contribution in [0.25, 0.3) is 0 Å². The minimum absolute atomic E-state index is 0.173. The summed E-state index contributed by atoms with van der Waals surface area (Å²) in [5.41, 5.74) is 0. The highest BCUT2D eigenvalue weighted by Gasteiger charge is 2.53. The molecule has 1 aromatic heterocycles. The number of carbonyl (C=O) groups is 1. The van der Waals surface area contributed by atoms with Crippen LogP contribution in [0.5, 0.6) is 0 Å². The number of nitrogens with zero attached hydrogens (tertiary/aromatic N) is 1. The number of hydrogen-bond donors (Lipinski definition) is 1. The normalized spacial score (nSPS) is 21.6. The highest BCUT2D eigenvalue weighted by molar-refractivity contribution is 7.98. The molecule has 1 amide bonds. The fraction of sp³-hybridized carbons (Fsp3) is 0.545. The summed E-state index contributed by atoms with van der Waals surface area (Å²) in [6, 6.07) is 3.46. The Balaban J connectivity index is 1.53. The van der Waals surface area contributed by atoms with Crippen molar-refractivity contribution in [3.63, 3.8) is 0 Å². The topological polar surface area (TPSA) is 72.2 Å². The van der Waals surface area contributed by atoms with Crippen molar-refractivity contribution in [1.29, 1.82) is 0 Å². The van der Waals surface area contributed by atoms with Crippen molar-refractivity contribution in [3.05, 3.63) is 32.5 Å². The van der Waals surface area contributed by atoms with Gasteiger partial charge >= 0.3 is 0 Å². The Labute approximate surface area is 113 Å². The maximum atomic E-state index is 11.5. The van der Waals surface area contributed by atoms with Gasteiger partial charge in [-0.05, 0) is 11.4 Å². The first-order valence-corrected chi connectivity index (χ1v) is 7.73. The number of nitro groups is 1. The number of thiophene rings is 1. The molecule has 98 valence electrons. The van der Waals surface area contributed by atoms with E-state index in [1.807, 2.05) is 11.4 Å². The Bertz CT molecular complexity index is 422. The second-order valence-electron chi connectivity index (χ2n) is 4.12. The molecule has 2 rings (SSSR count). The molecule has 0 aromatic carbocycles. The third-order valence-electron chi connectivity index (χ3n) is 2.73. The zero-order valence-corrected chi connectivity index (χ0v) is 11.3. The van der Waals surface area contributed by atoms with Crippen LogP contribution in [0.4, 0.5) is 0 Å². The smallest absolute Gasteiger partial charge is 0.230 e. The molecule has 7 heteroatoms. The second kappa shape index (κ2) is 6.19. The van der Waals surface area contributed by atoms with Gasteiger partial charge in [0.05, 0.1) is 0 Å². The van der Waals surface area contributed by atoms with Crippen molar-refractivity contribution in [1.82, 2.24) is 5.32 Å². The summed E-state index contributed by atoms with van der Waals surface area (Å²) in [5, 5.41) is 15.2. The molecule has 1 fully saturated rings. The quantitative estimate of drug-likeness (QED) is 0.471. The van der Waals surface area contributed by atoms with Crippen molar-refractivity contribution in [3.8, 4) is 0 Å². The molecule has 0 saturated heterocycles. The first kappa shape index (κ1) is 13.4. The van der Waals surface area contributed by atoms with Crippen LogP contribution in [-0.4, -0.2) is 29.2 Å². The van der Waals surface area contributed by atoms with E-state index < -0.39 is 12.0 Å². The van der Waals surface area contributed by atoms with Gasteiger partial charge in [0.2, 0.25) is 11.9 Å². The van der Waals surface area contributed by atoms with Gasteiger partial charge in [-0.2, -0.15) is 11.8 Å². The molecule has 0 radical (unpaired) electrons. The van der Waals surface area contributed by atoms with Crippen LogP contribution < -0.4 is 5.32 Å². The molecular weight excluding hydrogens is 272 g/mol. The molecule has 5 nitrogen and oxygen atoms in total. The van der Waals surface area contributed by atoms with Crippen molar-refractivity contribution >= 4 is 29.0 Å². The van der Waals surface area contributed by atoms with Crippen LogP contribution in [0.2, 0.25) is 0 Å². The van der Waals surface area contributed by atoms with Gasteiger partial charge in [-0.15, -0.1) is 11.3 Å². The Hall–Kier alpha value is -1.08. The molecule has 0 aliphatic heterocycles. The Morgan fingerprint density at radius 2 is 2.50 bits per heavy atom. The van der Waals surface area contributed by atoms with E-state index in [-0.39, 0.29) is 10.8 Å². The van der Waals surface area contributed by atoms with E-state index in [0.29, 0.717) is 13.0 Å². The Morgan fingerprint density at radius 1 is 1.67 bits per heavy atom. The molecule has 1 aliphatic rings. The molecule has 1 saturated carbocycles. The largest absolute Gasteiger partial charge is 0.355 e. The zero-order valence-electron chi connectivity index (χ0n) is 9.70. The first-order chi connectivity index (χ1) is 8.68. The standard InChI is InChI=1S/C11H14N2O3S2/c14-11(9-6-10(9)13(15)16)12-3-5-17-7-8-2-1-4-18-8/h1-2,4,9-10H,3,5-7H2,(H,12,14). The van der Waals surface area contributed by atoms with E-state index in [4.69, 9.17) is 0 Å². The average molecular weight is 286 g/mol. The van der Waals surface area contributed by atoms with Crippen LogP contribution in [0.15, 0.2) is 17.5 Å². The van der Waals surface area contributed by atoms with Gasteiger partial charge in [-0.25, -0.2) is 0 Å². The predicted molar refractivity (Wildman–Crippen MR) is 72.4 cm³/mol. The lowest BCUT2D eigenvalue weighted by Gasteiger charge is -2.03. The number of thioether (sulfide) groups is 1. The highest BCUT2D eigenvalue weighted by Crippen LogP contribution is 2.32. The van der Waals surface area contributed by atoms with E-state index in [0.717, 1.165) is 11.5 Å². The molecule has 0 bridgehead atoms. The number of amides is 1. The lowest BCUT2D eigenvalue weighted by molar-refractivity contribution is -0.497. The highest BCUT2D eigenvalue weighted by atomic mass is 32.2. The molecule has 1 heterocycles. The summed E-state index contributed by atoms with van der Waals surface area (Å²) >= 11 is 3.48. The van der Waals surface area contributed by atoms with Crippen molar-refractivity contribution in [2.75, 3.05) is 12.3 Å². The third kappa shape index (κ3) is 3.71. The van der Waals surface area contributed by atoms with Gasteiger partial charge < -0.3 is 5.32 Å². The monoisotopic (exact) mass is 286 g/mol. The van der Waals surface area contributed by atoms with Gasteiger partial charge in [0.1, 0.15) is 5.92 Å². The number of rotatable bonds is 7. The van der Waals surface area contributed by atoms with E-state index in [1.54, 1.807) is 23.1 Å². The summed E-state index contributed by atoms with van der Waals surface area (Å²) in [7, 11) is 0.